The van der Waals surface area contributed by atoms with Gasteiger partial charge in [0, 0.05) is 17.1 Å². The Kier molecular flexibility index (Phi) is 2.82. The van der Waals surface area contributed by atoms with Gasteiger partial charge in [0.1, 0.15) is 0 Å². The standard InChI is InChI=1S/C12H11NO4/c1-16-11(14)8-5-7-3-4-13-10(7)6-9(8)12(15)17-2/h3-6,13H,1-2H3. The van der Waals surface area contributed by atoms with Gasteiger partial charge < -0.3 is 14.5 Å². The molecule has 0 aliphatic carbocycles. The number of hydrogen-bond acceptors (Lipinski definition) is 4. The lowest BCUT2D eigenvalue weighted by Gasteiger charge is -2.06. The summed E-state index contributed by atoms with van der Waals surface area (Å²) in [4.78, 5) is 26.1. The van der Waals surface area contributed by atoms with Gasteiger partial charge in [-0.1, -0.05) is 0 Å². The second-order valence-corrected chi connectivity index (χ2v) is 3.45. The quantitative estimate of drug-likeness (QED) is 0.802. The minimum Gasteiger partial charge on any atom is -0.465 e. The average Bonchev–Trinajstić information content (AvgIpc) is 2.82. The van der Waals surface area contributed by atoms with Gasteiger partial charge in [-0.2, -0.15) is 0 Å². The van der Waals surface area contributed by atoms with E-state index in [1.165, 1.54) is 14.2 Å². The van der Waals surface area contributed by atoms with Crippen molar-refractivity contribution in [2.75, 3.05) is 14.2 Å². The van der Waals surface area contributed by atoms with Crippen molar-refractivity contribution >= 4 is 22.8 Å². The number of benzene rings is 1. The summed E-state index contributed by atoms with van der Waals surface area (Å²) in [5, 5.41) is 0.832. The van der Waals surface area contributed by atoms with Crippen LogP contribution in [0.25, 0.3) is 10.9 Å². The zero-order valence-corrected chi connectivity index (χ0v) is 9.44. The number of rotatable bonds is 2. The van der Waals surface area contributed by atoms with Crippen LogP contribution < -0.4 is 0 Å². The van der Waals surface area contributed by atoms with Crippen LogP contribution in [0.15, 0.2) is 24.4 Å². The molecular formula is C12H11NO4. The first kappa shape index (κ1) is 11.2. The number of H-pyrrole nitrogens is 1. The summed E-state index contributed by atoms with van der Waals surface area (Å²) >= 11 is 0. The third-order valence-electron chi connectivity index (χ3n) is 2.50. The highest BCUT2D eigenvalue weighted by atomic mass is 16.5. The highest BCUT2D eigenvalue weighted by Gasteiger charge is 2.19. The normalized spacial score (nSPS) is 10.2. The van der Waals surface area contributed by atoms with E-state index in [9.17, 15) is 9.59 Å². The molecule has 0 atom stereocenters. The Bertz CT molecular complexity index is 535. The van der Waals surface area contributed by atoms with Gasteiger partial charge in [-0.15, -0.1) is 0 Å². The van der Waals surface area contributed by atoms with Crippen LogP contribution in [0.2, 0.25) is 0 Å². The van der Waals surface area contributed by atoms with Crippen molar-refractivity contribution in [2.24, 2.45) is 0 Å². The van der Waals surface area contributed by atoms with Crippen molar-refractivity contribution in [1.29, 1.82) is 0 Å². The summed E-state index contributed by atoms with van der Waals surface area (Å²) in [5.74, 6) is -1.13. The van der Waals surface area contributed by atoms with Gasteiger partial charge in [-0.3, -0.25) is 0 Å². The molecular weight excluding hydrogens is 222 g/mol. The van der Waals surface area contributed by atoms with Gasteiger partial charge in [0.2, 0.25) is 0 Å². The molecule has 17 heavy (non-hydrogen) atoms. The Morgan fingerprint density at radius 2 is 1.65 bits per heavy atom. The SMILES string of the molecule is COC(=O)c1cc2cc[nH]c2cc1C(=O)OC. The maximum atomic E-state index is 11.6. The van der Waals surface area contributed by atoms with Gasteiger partial charge in [0.25, 0.3) is 0 Å². The molecule has 0 radical (unpaired) electrons. The molecule has 1 heterocycles. The van der Waals surface area contributed by atoms with Crippen molar-refractivity contribution in [3.05, 3.63) is 35.5 Å². The summed E-state index contributed by atoms with van der Waals surface area (Å²) in [6.07, 6.45) is 1.73. The summed E-state index contributed by atoms with van der Waals surface area (Å²) in [6.45, 7) is 0. The van der Waals surface area contributed by atoms with Crippen LogP contribution in [0.3, 0.4) is 0 Å². The predicted octanol–water partition coefficient (Wildman–Crippen LogP) is 1.74. The molecule has 0 aliphatic rings. The van der Waals surface area contributed by atoms with Crippen molar-refractivity contribution in [3.8, 4) is 0 Å². The van der Waals surface area contributed by atoms with Gasteiger partial charge in [-0.25, -0.2) is 9.59 Å². The van der Waals surface area contributed by atoms with Crippen LogP contribution >= 0.6 is 0 Å². The van der Waals surface area contributed by atoms with Crippen molar-refractivity contribution in [1.82, 2.24) is 4.98 Å². The number of carbonyl (C=O) groups is 2. The molecule has 0 saturated heterocycles. The fourth-order valence-corrected chi connectivity index (χ4v) is 1.66. The number of nitrogens with one attached hydrogen (secondary N) is 1. The molecule has 0 unspecified atom stereocenters. The first-order valence-corrected chi connectivity index (χ1v) is 4.95. The van der Waals surface area contributed by atoms with Crippen LogP contribution in [0, 0.1) is 0 Å². The third kappa shape index (κ3) is 1.87. The lowest BCUT2D eigenvalue weighted by molar-refractivity contribution is 0.0555. The van der Waals surface area contributed by atoms with Crippen molar-refractivity contribution in [2.45, 2.75) is 0 Å². The Balaban J connectivity index is 2.67. The van der Waals surface area contributed by atoms with E-state index in [0.717, 1.165) is 10.9 Å². The molecule has 0 fully saturated rings. The largest absolute Gasteiger partial charge is 0.465 e. The summed E-state index contributed by atoms with van der Waals surface area (Å²) in [7, 11) is 2.53. The van der Waals surface area contributed by atoms with Gasteiger partial charge in [0.15, 0.2) is 0 Å². The van der Waals surface area contributed by atoms with E-state index < -0.39 is 11.9 Å². The maximum Gasteiger partial charge on any atom is 0.338 e. The van der Waals surface area contributed by atoms with E-state index >= 15 is 0 Å². The molecule has 0 bridgehead atoms. The van der Waals surface area contributed by atoms with Crippen LogP contribution in [0.1, 0.15) is 20.7 Å². The fourth-order valence-electron chi connectivity index (χ4n) is 1.66. The predicted molar refractivity (Wildman–Crippen MR) is 61.0 cm³/mol. The van der Waals surface area contributed by atoms with Gasteiger partial charge in [-0.05, 0) is 18.2 Å². The zero-order valence-electron chi connectivity index (χ0n) is 9.44. The maximum absolute atomic E-state index is 11.6. The monoisotopic (exact) mass is 233 g/mol. The molecule has 88 valence electrons. The number of ether oxygens (including phenoxy) is 2. The third-order valence-corrected chi connectivity index (χ3v) is 2.50. The number of esters is 2. The Morgan fingerprint density at radius 3 is 2.24 bits per heavy atom. The van der Waals surface area contributed by atoms with Gasteiger partial charge in [0.05, 0.1) is 25.3 Å². The van der Waals surface area contributed by atoms with Gasteiger partial charge >= 0.3 is 11.9 Å². The first-order chi connectivity index (χ1) is 8.17. The topological polar surface area (TPSA) is 68.4 Å². The Labute approximate surface area is 97.3 Å². The number of carbonyl (C=O) groups excluding carboxylic acids is 2. The van der Waals surface area contributed by atoms with Crippen molar-refractivity contribution < 1.29 is 19.1 Å². The summed E-state index contributed by atoms with van der Waals surface area (Å²) in [5.41, 5.74) is 1.15. The molecule has 5 heteroatoms. The average molecular weight is 233 g/mol. The summed E-state index contributed by atoms with van der Waals surface area (Å²) in [6, 6.07) is 4.99. The molecule has 2 aromatic rings. The number of hydrogen-bond donors (Lipinski definition) is 1. The van der Waals surface area contributed by atoms with Crippen LogP contribution in [0.5, 0.6) is 0 Å². The smallest absolute Gasteiger partial charge is 0.338 e. The van der Waals surface area contributed by atoms with E-state index in [1.54, 1.807) is 18.3 Å². The van der Waals surface area contributed by atoms with Crippen LogP contribution in [-0.4, -0.2) is 31.1 Å². The Morgan fingerprint density at radius 1 is 1.06 bits per heavy atom. The highest BCUT2D eigenvalue weighted by molar-refractivity contribution is 6.06. The molecule has 0 aliphatic heterocycles. The van der Waals surface area contributed by atoms with Crippen molar-refractivity contribution in [3.63, 3.8) is 0 Å². The van der Waals surface area contributed by atoms with E-state index in [4.69, 9.17) is 0 Å². The minimum atomic E-state index is -0.568. The molecule has 2 rings (SSSR count). The number of fused-ring (bicyclic) bond motifs is 1. The molecule has 0 saturated carbocycles. The molecule has 1 N–H and O–H groups in total. The van der Waals surface area contributed by atoms with Crippen LogP contribution in [0.4, 0.5) is 0 Å². The van der Waals surface area contributed by atoms with E-state index in [0.29, 0.717) is 0 Å². The molecule has 1 aromatic heterocycles. The lowest BCUT2D eigenvalue weighted by Crippen LogP contribution is -2.11. The lowest BCUT2D eigenvalue weighted by atomic mass is 10.1. The zero-order chi connectivity index (χ0) is 12.4. The fraction of sp³-hybridized carbons (Fsp3) is 0.167. The van der Waals surface area contributed by atoms with E-state index in [1.807, 2.05) is 6.07 Å². The first-order valence-electron chi connectivity index (χ1n) is 4.95. The molecule has 5 nitrogen and oxygen atoms in total. The highest BCUT2D eigenvalue weighted by Crippen LogP contribution is 2.20. The Hall–Kier alpha value is -2.30. The summed E-state index contributed by atoms with van der Waals surface area (Å²) < 4.78 is 9.28. The second-order valence-electron chi connectivity index (χ2n) is 3.45. The van der Waals surface area contributed by atoms with E-state index in [2.05, 4.69) is 14.5 Å². The number of aromatic amines is 1. The molecule has 0 amide bonds. The second kappa shape index (κ2) is 4.29. The van der Waals surface area contributed by atoms with E-state index in [-0.39, 0.29) is 11.1 Å². The van der Waals surface area contributed by atoms with Crippen LogP contribution in [-0.2, 0) is 9.47 Å². The number of methoxy groups -OCH3 is 2. The molecule has 0 spiro atoms. The number of aromatic nitrogens is 1. The minimum absolute atomic E-state index is 0.189. The molecule has 1 aromatic carbocycles.